The van der Waals surface area contributed by atoms with Crippen LogP contribution in [0, 0.1) is 5.92 Å². The molecule has 1 saturated heterocycles. The first-order chi connectivity index (χ1) is 16.8. The summed E-state index contributed by atoms with van der Waals surface area (Å²) in [5.74, 6) is 1.20. The number of aryl methyl sites for hydroxylation is 1. The standard InChI is InChI=1S/C23H26F3N7O2/c1-3-33-20(13-4-5-17(27-10-13)23(24,25)26)31-18-19(28-12-29-21(18)33)30-15-6-7-32(11-15)22(34)14-8-16(9-14)35-2/h4-5,10,12,14-16H,3,6-9,11H2,1-2H3,(H,28,29,30)/t14?,15-,16?/m0/s1. The molecule has 0 bridgehead atoms. The number of halogens is 3. The van der Waals surface area contributed by atoms with E-state index >= 15 is 0 Å². The number of methoxy groups -OCH3 is 1. The smallest absolute Gasteiger partial charge is 0.381 e. The monoisotopic (exact) mass is 489 g/mol. The molecule has 1 aliphatic heterocycles. The fourth-order valence-electron chi connectivity index (χ4n) is 4.75. The molecule has 3 aromatic heterocycles. The number of pyridine rings is 1. The Morgan fingerprint density at radius 1 is 1.23 bits per heavy atom. The van der Waals surface area contributed by atoms with Crippen molar-refractivity contribution in [1.82, 2.24) is 29.4 Å². The second kappa shape index (κ2) is 9.06. The summed E-state index contributed by atoms with van der Waals surface area (Å²) in [6.45, 7) is 3.67. The molecule has 12 heteroatoms. The summed E-state index contributed by atoms with van der Waals surface area (Å²) in [5, 5.41) is 3.40. The summed E-state index contributed by atoms with van der Waals surface area (Å²) >= 11 is 0. The number of nitrogens with one attached hydrogen (secondary N) is 1. The third kappa shape index (κ3) is 4.42. The summed E-state index contributed by atoms with van der Waals surface area (Å²) < 4.78 is 45.9. The van der Waals surface area contributed by atoms with Crippen molar-refractivity contribution in [3.05, 3.63) is 30.4 Å². The number of aromatic nitrogens is 5. The number of carbonyl (C=O) groups is 1. The molecular weight excluding hydrogens is 463 g/mol. The van der Waals surface area contributed by atoms with Crippen molar-refractivity contribution in [2.24, 2.45) is 5.92 Å². The summed E-state index contributed by atoms with van der Waals surface area (Å²) in [5.41, 5.74) is 0.598. The number of amides is 1. The molecule has 4 heterocycles. The number of fused-ring (bicyclic) bond motifs is 1. The number of carbonyl (C=O) groups excluding carboxylic acids is 1. The predicted molar refractivity (Wildman–Crippen MR) is 121 cm³/mol. The van der Waals surface area contributed by atoms with Crippen LogP contribution in [0.25, 0.3) is 22.6 Å². The predicted octanol–water partition coefficient (Wildman–Crippen LogP) is 3.36. The maximum Gasteiger partial charge on any atom is 0.433 e. The van der Waals surface area contributed by atoms with Gasteiger partial charge in [-0.2, -0.15) is 13.2 Å². The van der Waals surface area contributed by atoms with Crippen LogP contribution in [0.15, 0.2) is 24.7 Å². The Morgan fingerprint density at radius 2 is 2.03 bits per heavy atom. The average Bonchev–Trinajstić information content (AvgIpc) is 3.43. The van der Waals surface area contributed by atoms with Crippen molar-refractivity contribution >= 4 is 22.9 Å². The van der Waals surface area contributed by atoms with Crippen LogP contribution in [0.1, 0.15) is 31.9 Å². The SMILES string of the molecule is CCn1c(-c2ccc(C(F)(F)F)nc2)nc2c(N[C@H]3CCN(C(=O)C4CC(OC)C4)C3)ncnc21. The van der Waals surface area contributed by atoms with E-state index < -0.39 is 11.9 Å². The lowest BCUT2D eigenvalue weighted by Crippen LogP contribution is -2.44. The molecule has 0 unspecified atom stereocenters. The second-order valence-electron chi connectivity index (χ2n) is 8.94. The van der Waals surface area contributed by atoms with Crippen molar-refractivity contribution in [2.45, 2.75) is 51.1 Å². The molecular formula is C23H26F3N7O2. The highest BCUT2D eigenvalue weighted by Crippen LogP contribution is 2.33. The molecule has 0 spiro atoms. The molecule has 1 aliphatic carbocycles. The Hall–Kier alpha value is -3.28. The number of rotatable bonds is 6. The molecule has 1 N–H and O–H groups in total. The molecule has 186 valence electrons. The highest BCUT2D eigenvalue weighted by molar-refractivity contribution is 5.86. The Bertz CT molecular complexity index is 1220. The molecule has 1 atom stereocenters. The Labute approximate surface area is 199 Å². The van der Waals surface area contributed by atoms with Crippen LogP contribution in [0.3, 0.4) is 0 Å². The van der Waals surface area contributed by atoms with Gasteiger partial charge in [-0.25, -0.2) is 15.0 Å². The van der Waals surface area contributed by atoms with Gasteiger partial charge in [0.2, 0.25) is 5.91 Å². The van der Waals surface area contributed by atoms with Crippen LogP contribution in [0.2, 0.25) is 0 Å². The number of likely N-dealkylation sites (tertiary alicyclic amines) is 1. The fourth-order valence-corrected chi connectivity index (χ4v) is 4.75. The van der Waals surface area contributed by atoms with Gasteiger partial charge in [-0.1, -0.05) is 0 Å². The van der Waals surface area contributed by atoms with Crippen molar-refractivity contribution in [1.29, 1.82) is 0 Å². The molecule has 1 amide bonds. The van der Waals surface area contributed by atoms with Crippen LogP contribution in [-0.4, -0.2) is 67.7 Å². The molecule has 0 aromatic carbocycles. The quantitative estimate of drug-likeness (QED) is 0.567. The summed E-state index contributed by atoms with van der Waals surface area (Å²) in [6, 6.07) is 2.32. The van der Waals surface area contributed by atoms with Gasteiger partial charge in [-0.3, -0.25) is 9.78 Å². The van der Waals surface area contributed by atoms with Gasteiger partial charge in [0.1, 0.15) is 17.8 Å². The summed E-state index contributed by atoms with van der Waals surface area (Å²) in [4.78, 5) is 31.6. The number of hydrogen-bond donors (Lipinski definition) is 1. The Kier molecular flexibility index (Phi) is 6.07. The van der Waals surface area contributed by atoms with E-state index in [-0.39, 0.29) is 24.0 Å². The largest absolute Gasteiger partial charge is 0.433 e. The van der Waals surface area contributed by atoms with Gasteiger partial charge in [0.15, 0.2) is 17.0 Å². The second-order valence-corrected chi connectivity index (χ2v) is 8.94. The molecule has 9 nitrogen and oxygen atoms in total. The first kappa shape index (κ1) is 23.5. The molecule has 5 rings (SSSR count). The first-order valence-electron chi connectivity index (χ1n) is 11.6. The van der Waals surface area contributed by atoms with Gasteiger partial charge in [0.25, 0.3) is 0 Å². The Morgan fingerprint density at radius 3 is 2.69 bits per heavy atom. The van der Waals surface area contributed by atoms with E-state index in [9.17, 15) is 18.0 Å². The van der Waals surface area contributed by atoms with Crippen LogP contribution >= 0.6 is 0 Å². The van der Waals surface area contributed by atoms with E-state index in [1.807, 2.05) is 16.4 Å². The Balaban J connectivity index is 1.35. The number of ether oxygens (including phenoxy) is 1. The zero-order valence-electron chi connectivity index (χ0n) is 19.4. The van der Waals surface area contributed by atoms with E-state index in [4.69, 9.17) is 4.74 Å². The van der Waals surface area contributed by atoms with Crippen molar-refractivity contribution < 1.29 is 22.7 Å². The van der Waals surface area contributed by atoms with E-state index in [2.05, 4.69) is 25.3 Å². The molecule has 35 heavy (non-hydrogen) atoms. The molecule has 2 aliphatic rings. The van der Waals surface area contributed by atoms with Gasteiger partial charge in [-0.05, 0) is 38.3 Å². The highest BCUT2D eigenvalue weighted by atomic mass is 19.4. The van der Waals surface area contributed by atoms with E-state index in [1.54, 1.807) is 7.11 Å². The lowest BCUT2D eigenvalue weighted by Gasteiger charge is -2.35. The van der Waals surface area contributed by atoms with Gasteiger partial charge in [-0.15, -0.1) is 0 Å². The third-order valence-electron chi connectivity index (χ3n) is 6.78. The minimum atomic E-state index is -4.51. The van der Waals surface area contributed by atoms with Crippen LogP contribution < -0.4 is 5.32 Å². The van der Waals surface area contributed by atoms with Crippen LogP contribution in [0.5, 0.6) is 0 Å². The topological polar surface area (TPSA) is 98.1 Å². The minimum Gasteiger partial charge on any atom is -0.381 e. The van der Waals surface area contributed by atoms with Crippen LogP contribution in [-0.2, 0) is 22.3 Å². The number of imidazole rings is 1. The molecule has 2 fully saturated rings. The van der Waals surface area contributed by atoms with Gasteiger partial charge in [0, 0.05) is 50.5 Å². The van der Waals surface area contributed by atoms with Gasteiger partial charge >= 0.3 is 6.18 Å². The van der Waals surface area contributed by atoms with E-state index in [0.717, 1.165) is 25.3 Å². The van der Waals surface area contributed by atoms with Gasteiger partial charge in [0.05, 0.1) is 6.10 Å². The minimum absolute atomic E-state index is 0.0123. The van der Waals surface area contributed by atoms with E-state index in [0.29, 0.717) is 48.0 Å². The third-order valence-corrected chi connectivity index (χ3v) is 6.78. The average molecular weight is 490 g/mol. The zero-order chi connectivity index (χ0) is 24.7. The lowest BCUT2D eigenvalue weighted by atomic mass is 9.81. The van der Waals surface area contributed by atoms with E-state index in [1.165, 1.54) is 18.6 Å². The number of anilines is 1. The summed E-state index contributed by atoms with van der Waals surface area (Å²) in [7, 11) is 1.67. The summed E-state index contributed by atoms with van der Waals surface area (Å²) in [6.07, 6.45) is 0.599. The molecule has 1 saturated carbocycles. The van der Waals surface area contributed by atoms with Crippen molar-refractivity contribution in [3.8, 4) is 11.4 Å². The normalized spacial score (nSPS) is 22.4. The fraction of sp³-hybridized carbons (Fsp3) is 0.522. The molecule has 3 aromatic rings. The molecule has 0 radical (unpaired) electrons. The van der Waals surface area contributed by atoms with Crippen molar-refractivity contribution in [2.75, 3.05) is 25.5 Å². The highest BCUT2D eigenvalue weighted by Gasteiger charge is 2.39. The van der Waals surface area contributed by atoms with Crippen molar-refractivity contribution in [3.63, 3.8) is 0 Å². The maximum atomic E-state index is 12.9. The van der Waals surface area contributed by atoms with Crippen LogP contribution in [0.4, 0.5) is 19.0 Å². The number of hydrogen-bond acceptors (Lipinski definition) is 7. The van der Waals surface area contributed by atoms with Gasteiger partial charge < -0.3 is 19.5 Å². The lowest BCUT2D eigenvalue weighted by molar-refractivity contribution is -0.142. The zero-order valence-corrected chi connectivity index (χ0v) is 19.4. The first-order valence-corrected chi connectivity index (χ1v) is 11.6. The maximum absolute atomic E-state index is 12.9. The number of nitrogens with zero attached hydrogens (tertiary/aromatic N) is 6. The number of alkyl halides is 3.